The van der Waals surface area contributed by atoms with Gasteiger partial charge < -0.3 is 0 Å². The second-order valence-corrected chi connectivity index (χ2v) is 4.28. The van der Waals surface area contributed by atoms with Crippen molar-refractivity contribution in [2.24, 2.45) is 5.92 Å². The van der Waals surface area contributed by atoms with Crippen LogP contribution in [0, 0.1) is 5.92 Å². The molecule has 2 aromatic rings. The van der Waals surface area contributed by atoms with Crippen molar-refractivity contribution in [3.63, 3.8) is 0 Å². The molecule has 0 aromatic carbocycles. The molecule has 0 radical (unpaired) electrons. The number of hydrogen-bond donors (Lipinski definition) is 0. The van der Waals surface area contributed by atoms with Crippen LogP contribution in [0.1, 0.15) is 31.4 Å². The Morgan fingerprint density at radius 3 is 3.00 bits per heavy atom. The molecular formula is C13H14N2. The number of hydrogen-bond acceptors (Lipinski definition) is 2. The fourth-order valence-electron chi connectivity index (χ4n) is 2.35. The summed E-state index contributed by atoms with van der Waals surface area (Å²) < 4.78 is 0. The van der Waals surface area contributed by atoms with E-state index in [-0.39, 0.29) is 0 Å². The van der Waals surface area contributed by atoms with E-state index in [0.717, 1.165) is 11.4 Å². The lowest BCUT2D eigenvalue weighted by atomic mass is 10.1. The van der Waals surface area contributed by atoms with E-state index in [4.69, 9.17) is 0 Å². The lowest BCUT2D eigenvalue weighted by molar-refractivity contribution is 0.759. The molecule has 15 heavy (non-hydrogen) atoms. The summed E-state index contributed by atoms with van der Waals surface area (Å²) in [6.45, 7) is 2.26. The Balaban J connectivity index is 2.11. The van der Waals surface area contributed by atoms with Crippen LogP contribution >= 0.6 is 0 Å². The summed E-state index contributed by atoms with van der Waals surface area (Å²) in [6, 6.07) is 6.12. The van der Waals surface area contributed by atoms with Gasteiger partial charge >= 0.3 is 0 Å². The number of pyridine rings is 2. The second kappa shape index (κ2) is 3.30. The molecule has 1 saturated carbocycles. The third-order valence-electron chi connectivity index (χ3n) is 3.36. The summed E-state index contributed by atoms with van der Waals surface area (Å²) in [4.78, 5) is 8.89. The minimum Gasteiger partial charge on any atom is -0.260 e. The van der Waals surface area contributed by atoms with Crippen LogP contribution in [-0.4, -0.2) is 9.97 Å². The number of rotatable bonds is 2. The molecule has 0 N–H and O–H groups in total. The predicted molar refractivity (Wildman–Crippen MR) is 60.7 cm³/mol. The highest BCUT2D eigenvalue weighted by atomic mass is 14.7. The van der Waals surface area contributed by atoms with Gasteiger partial charge in [-0.1, -0.05) is 13.3 Å². The van der Waals surface area contributed by atoms with Crippen molar-refractivity contribution in [3.05, 3.63) is 36.3 Å². The summed E-state index contributed by atoms with van der Waals surface area (Å²) in [5.74, 6) is 1.53. The van der Waals surface area contributed by atoms with Crippen LogP contribution in [0.3, 0.4) is 0 Å². The normalized spacial score (nSPS) is 24.3. The molecule has 0 saturated heterocycles. The summed E-state index contributed by atoms with van der Waals surface area (Å²) in [6.07, 6.45) is 6.30. The SMILES string of the molecule is CC[C@H]1CC1c1nccc2ncccc12. The van der Waals surface area contributed by atoms with E-state index in [1.54, 1.807) is 0 Å². The van der Waals surface area contributed by atoms with E-state index in [2.05, 4.69) is 23.0 Å². The molecule has 76 valence electrons. The Labute approximate surface area is 89.4 Å². The molecule has 0 bridgehead atoms. The van der Waals surface area contributed by atoms with Crippen molar-refractivity contribution >= 4 is 10.9 Å². The van der Waals surface area contributed by atoms with Crippen molar-refractivity contribution in [1.82, 2.24) is 9.97 Å². The van der Waals surface area contributed by atoms with Gasteiger partial charge in [0.25, 0.3) is 0 Å². The summed E-state index contributed by atoms with van der Waals surface area (Å²) in [5, 5.41) is 1.24. The first kappa shape index (κ1) is 8.84. The number of fused-ring (bicyclic) bond motifs is 1. The van der Waals surface area contributed by atoms with Crippen molar-refractivity contribution < 1.29 is 0 Å². The molecule has 1 fully saturated rings. The Bertz CT molecular complexity index is 487. The van der Waals surface area contributed by atoms with Gasteiger partial charge in [-0.05, 0) is 30.5 Å². The van der Waals surface area contributed by atoms with Crippen molar-refractivity contribution in [1.29, 1.82) is 0 Å². The summed E-state index contributed by atoms with van der Waals surface area (Å²) in [5.41, 5.74) is 2.33. The largest absolute Gasteiger partial charge is 0.260 e. The smallest absolute Gasteiger partial charge is 0.0735 e. The lowest BCUT2D eigenvalue weighted by Gasteiger charge is -2.03. The fraction of sp³-hybridized carbons (Fsp3) is 0.385. The van der Waals surface area contributed by atoms with E-state index in [9.17, 15) is 0 Å². The van der Waals surface area contributed by atoms with Gasteiger partial charge in [0, 0.05) is 23.7 Å². The standard InChI is InChI=1S/C13H14N2/c1-2-9-8-11(9)13-10-4-3-6-14-12(10)5-7-15-13/h3-7,9,11H,2,8H2,1H3/t9-,11?/m0/s1. The van der Waals surface area contributed by atoms with Crippen molar-refractivity contribution in [2.75, 3.05) is 0 Å². The molecule has 1 aliphatic carbocycles. The van der Waals surface area contributed by atoms with Gasteiger partial charge in [0.2, 0.25) is 0 Å². The molecule has 0 aliphatic heterocycles. The predicted octanol–water partition coefficient (Wildman–Crippen LogP) is 3.14. The molecule has 2 heterocycles. The molecule has 1 aliphatic rings. The minimum atomic E-state index is 0.683. The topological polar surface area (TPSA) is 25.8 Å². The maximum Gasteiger partial charge on any atom is 0.0735 e. The highest BCUT2D eigenvalue weighted by Crippen LogP contribution is 2.50. The molecule has 0 amide bonds. The molecule has 2 atom stereocenters. The quantitative estimate of drug-likeness (QED) is 0.740. The highest BCUT2D eigenvalue weighted by Gasteiger charge is 2.38. The van der Waals surface area contributed by atoms with Crippen molar-refractivity contribution in [2.45, 2.75) is 25.7 Å². The lowest BCUT2D eigenvalue weighted by Crippen LogP contribution is -1.91. The van der Waals surface area contributed by atoms with Crippen molar-refractivity contribution in [3.8, 4) is 0 Å². The average Bonchev–Trinajstić information content (AvgIpc) is 3.07. The zero-order chi connectivity index (χ0) is 10.3. The third-order valence-corrected chi connectivity index (χ3v) is 3.36. The van der Waals surface area contributed by atoms with Gasteiger partial charge in [-0.25, -0.2) is 0 Å². The first-order chi connectivity index (χ1) is 7.40. The van der Waals surface area contributed by atoms with E-state index in [1.807, 2.05) is 24.5 Å². The van der Waals surface area contributed by atoms with E-state index >= 15 is 0 Å². The molecule has 2 aromatic heterocycles. The fourth-order valence-corrected chi connectivity index (χ4v) is 2.35. The average molecular weight is 198 g/mol. The number of nitrogens with zero attached hydrogens (tertiary/aromatic N) is 2. The van der Waals surface area contributed by atoms with Crippen LogP contribution in [-0.2, 0) is 0 Å². The zero-order valence-corrected chi connectivity index (χ0v) is 8.85. The Morgan fingerprint density at radius 1 is 1.27 bits per heavy atom. The number of aromatic nitrogens is 2. The van der Waals surface area contributed by atoms with Gasteiger partial charge in [-0.15, -0.1) is 0 Å². The zero-order valence-electron chi connectivity index (χ0n) is 8.85. The molecule has 2 nitrogen and oxygen atoms in total. The first-order valence-corrected chi connectivity index (χ1v) is 5.59. The van der Waals surface area contributed by atoms with Crippen LogP contribution in [0.15, 0.2) is 30.6 Å². The monoisotopic (exact) mass is 198 g/mol. The Morgan fingerprint density at radius 2 is 2.20 bits per heavy atom. The van der Waals surface area contributed by atoms with Crippen LogP contribution < -0.4 is 0 Å². The summed E-state index contributed by atoms with van der Waals surface area (Å²) in [7, 11) is 0. The van der Waals surface area contributed by atoms with Gasteiger partial charge in [-0.3, -0.25) is 9.97 Å². The first-order valence-electron chi connectivity index (χ1n) is 5.59. The maximum absolute atomic E-state index is 4.53. The van der Waals surface area contributed by atoms with Crippen LogP contribution in [0.2, 0.25) is 0 Å². The van der Waals surface area contributed by atoms with E-state index < -0.39 is 0 Å². The molecule has 3 rings (SSSR count). The molecule has 0 spiro atoms. The maximum atomic E-state index is 4.53. The van der Waals surface area contributed by atoms with E-state index in [1.165, 1.54) is 23.9 Å². The molecular weight excluding hydrogens is 184 g/mol. The van der Waals surface area contributed by atoms with Crippen LogP contribution in [0.4, 0.5) is 0 Å². The molecule has 1 unspecified atom stereocenters. The molecule has 2 heteroatoms. The Hall–Kier alpha value is -1.44. The third kappa shape index (κ3) is 1.41. The van der Waals surface area contributed by atoms with Gasteiger partial charge in [0.1, 0.15) is 0 Å². The Kier molecular flexibility index (Phi) is 1.94. The highest BCUT2D eigenvalue weighted by molar-refractivity contribution is 5.81. The van der Waals surface area contributed by atoms with Gasteiger partial charge in [0.05, 0.1) is 11.2 Å². The minimum absolute atomic E-state index is 0.683. The van der Waals surface area contributed by atoms with Crippen LogP contribution in [0.25, 0.3) is 10.9 Å². The second-order valence-electron chi connectivity index (χ2n) is 4.28. The van der Waals surface area contributed by atoms with Crippen LogP contribution in [0.5, 0.6) is 0 Å². The van der Waals surface area contributed by atoms with E-state index in [0.29, 0.717) is 5.92 Å². The summed E-state index contributed by atoms with van der Waals surface area (Å²) >= 11 is 0. The van der Waals surface area contributed by atoms with Gasteiger partial charge in [-0.2, -0.15) is 0 Å². The van der Waals surface area contributed by atoms with Gasteiger partial charge in [0.15, 0.2) is 0 Å².